The molecular weight excluding hydrogens is 671 g/mol. The van der Waals surface area contributed by atoms with Gasteiger partial charge in [-0.05, 0) is 81.3 Å². The fourth-order valence-electron chi connectivity index (χ4n) is 5.08. The summed E-state index contributed by atoms with van der Waals surface area (Å²) in [6.45, 7) is 7.62. The zero-order valence-corrected chi connectivity index (χ0v) is 28.8. The van der Waals surface area contributed by atoms with Crippen LogP contribution in [0.15, 0.2) is 75.7 Å². The Bertz CT molecular complexity index is 2020. The SMILES string of the molecule is CCOC(=O)C1=C(C)N=c2s/c(=C/c3cc(Cl)cc(Cl)c3OCc3cccc(Cl)c3)c(=O)n2[C@H]1c1ccc(OC(C)C)c(OC)c1. The molecule has 0 fully saturated rings. The Kier molecular flexibility index (Phi) is 10.5. The Morgan fingerprint density at radius 1 is 1.07 bits per heavy atom. The first kappa shape index (κ1) is 33.6. The zero-order chi connectivity index (χ0) is 33.1. The minimum atomic E-state index is -0.846. The summed E-state index contributed by atoms with van der Waals surface area (Å²) in [6.07, 6.45) is 1.57. The summed E-state index contributed by atoms with van der Waals surface area (Å²) >= 11 is 20.3. The van der Waals surface area contributed by atoms with Gasteiger partial charge in [0.05, 0.1) is 46.7 Å². The van der Waals surface area contributed by atoms with E-state index in [0.29, 0.717) is 53.5 Å². The molecule has 240 valence electrons. The monoisotopic (exact) mass is 700 g/mol. The molecule has 0 amide bonds. The minimum Gasteiger partial charge on any atom is -0.493 e. The van der Waals surface area contributed by atoms with Gasteiger partial charge >= 0.3 is 5.97 Å². The largest absolute Gasteiger partial charge is 0.493 e. The van der Waals surface area contributed by atoms with Crippen molar-refractivity contribution in [1.82, 2.24) is 4.57 Å². The molecule has 0 saturated heterocycles. The van der Waals surface area contributed by atoms with Gasteiger partial charge in [0.1, 0.15) is 12.4 Å². The average Bonchev–Trinajstić information content (AvgIpc) is 3.29. The second-order valence-electron chi connectivity index (χ2n) is 10.6. The van der Waals surface area contributed by atoms with E-state index in [1.807, 2.05) is 26.0 Å². The summed E-state index contributed by atoms with van der Waals surface area (Å²) in [4.78, 5) is 32.6. The number of thiazole rings is 1. The van der Waals surface area contributed by atoms with Crippen molar-refractivity contribution in [2.75, 3.05) is 13.7 Å². The zero-order valence-electron chi connectivity index (χ0n) is 25.7. The number of carbonyl (C=O) groups is 1. The van der Waals surface area contributed by atoms with Crippen molar-refractivity contribution in [3.8, 4) is 17.2 Å². The highest BCUT2D eigenvalue weighted by atomic mass is 35.5. The lowest BCUT2D eigenvalue weighted by Crippen LogP contribution is -2.40. The van der Waals surface area contributed by atoms with Crippen LogP contribution in [0.2, 0.25) is 15.1 Å². The number of allylic oxidation sites excluding steroid dienone is 1. The van der Waals surface area contributed by atoms with Gasteiger partial charge in [-0.2, -0.15) is 0 Å². The van der Waals surface area contributed by atoms with Crippen molar-refractivity contribution in [3.63, 3.8) is 0 Å². The maximum atomic E-state index is 14.2. The van der Waals surface area contributed by atoms with Gasteiger partial charge in [0.15, 0.2) is 16.3 Å². The molecule has 1 aliphatic heterocycles. The van der Waals surface area contributed by atoms with E-state index in [-0.39, 0.29) is 35.5 Å². The normalized spacial score (nSPS) is 14.6. The molecule has 0 spiro atoms. The first-order valence-corrected chi connectivity index (χ1v) is 16.4. The van der Waals surface area contributed by atoms with Crippen molar-refractivity contribution >= 4 is 58.2 Å². The molecule has 8 nitrogen and oxygen atoms in total. The molecule has 0 N–H and O–H groups in total. The van der Waals surface area contributed by atoms with Crippen molar-refractivity contribution in [1.29, 1.82) is 0 Å². The van der Waals surface area contributed by atoms with E-state index in [2.05, 4.69) is 4.99 Å². The van der Waals surface area contributed by atoms with Gasteiger partial charge in [-0.15, -0.1) is 0 Å². The number of ether oxygens (including phenoxy) is 4. The standard InChI is InChI=1S/C34H31Cl3N2O6S/c1-6-43-33(41)29-19(4)38-34-39(30(29)21-10-11-26(45-18(2)3)27(14-21)42-5)32(40)28(46-34)15-22-13-24(36)16-25(37)31(22)44-17-20-8-7-9-23(35)12-20/h7-16,18,30H,6,17H2,1-5H3/b28-15+/t30-/m0/s1. The summed E-state index contributed by atoms with van der Waals surface area (Å²) in [5, 5.41) is 1.23. The highest BCUT2D eigenvalue weighted by Gasteiger charge is 2.34. The maximum absolute atomic E-state index is 14.2. The Morgan fingerprint density at radius 2 is 1.85 bits per heavy atom. The Morgan fingerprint density at radius 3 is 2.54 bits per heavy atom. The highest BCUT2D eigenvalue weighted by Crippen LogP contribution is 2.37. The number of aromatic nitrogens is 1. The molecule has 1 aromatic heterocycles. The van der Waals surface area contributed by atoms with Crippen LogP contribution in [0.1, 0.15) is 50.4 Å². The topological polar surface area (TPSA) is 88.4 Å². The third-order valence-electron chi connectivity index (χ3n) is 6.98. The van der Waals surface area contributed by atoms with E-state index in [1.165, 1.54) is 23.0 Å². The number of fused-ring (bicyclic) bond motifs is 1. The van der Waals surface area contributed by atoms with Gasteiger partial charge in [0, 0.05) is 15.6 Å². The molecule has 12 heteroatoms. The number of hydrogen-bond acceptors (Lipinski definition) is 8. The number of halogens is 3. The van der Waals surface area contributed by atoms with Crippen LogP contribution >= 0.6 is 46.1 Å². The molecule has 1 atom stereocenters. The van der Waals surface area contributed by atoms with Gasteiger partial charge in [-0.1, -0.05) is 64.3 Å². The van der Waals surface area contributed by atoms with Crippen LogP contribution in [0.25, 0.3) is 6.08 Å². The van der Waals surface area contributed by atoms with Crippen molar-refractivity contribution in [2.45, 2.75) is 46.4 Å². The quantitative estimate of drug-likeness (QED) is 0.164. The molecule has 0 saturated carbocycles. The third kappa shape index (κ3) is 7.13. The number of nitrogens with zero attached hydrogens (tertiary/aromatic N) is 2. The van der Waals surface area contributed by atoms with E-state index in [4.69, 9.17) is 53.8 Å². The summed E-state index contributed by atoms with van der Waals surface area (Å²) in [5.74, 6) is 0.779. The van der Waals surface area contributed by atoms with Crippen LogP contribution in [-0.4, -0.2) is 30.4 Å². The lowest BCUT2D eigenvalue weighted by Gasteiger charge is -2.25. The van der Waals surface area contributed by atoms with Crippen LogP contribution in [0.3, 0.4) is 0 Å². The molecule has 0 unspecified atom stereocenters. The minimum absolute atomic E-state index is 0.0889. The molecule has 46 heavy (non-hydrogen) atoms. The van der Waals surface area contributed by atoms with Gasteiger partial charge in [0.2, 0.25) is 0 Å². The first-order valence-electron chi connectivity index (χ1n) is 14.4. The number of hydrogen-bond donors (Lipinski definition) is 0. The van der Waals surface area contributed by atoms with Crippen LogP contribution in [0.4, 0.5) is 0 Å². The third-order valence-corrected chi connectivity index (χ3v) is 8.70. The summed E-state index contributed by atoms with van der Waals surface area (Å²) < 4.78 is 24.9. The lowest BCUT2D eigenvalue weighted by molar-refractivity contribution is -0.139. The summed E-state index contributed by atoms with van der Waals surface area (Å²) in [5.41, 5.74) is 2.27. The van der Waals surface area contributed by atoms with Crippen molar-refractivity contribution in [2.24, 2.45) is 4.99 Å². The maximum Gasteiger partial charge on any atom is 0.338 e. The van der Waals surface area contributed by atoms with Crippen LogP contribution < -0.4 is 29.1 Å². The van der Waals surface area contributed by atoms with E-state index >= 15 is 0 Å². The fourth-order valence-corrected chi connectivity index (χ4v) is 6.89. The lowest BCUT2D eigenvalue weighted by atomic mass is 9.95. The molecule has 0 bridgehead atoms. The van der Waals surface area contributed by atoms with E-state index in [9.17, 15) is 9.59 Å². The number of esters is 1. The highest BCUT2D eigenvalue weighted by molar-refractivity contribution is 7.07. The number of rotatable bonds is 10. The van der Waals surface area contributed by atoms with Gasteiger partial charge in [0.25, 0.3) is 5.56 Å². The molecule has 1 aliphatic rings. The second kappa shape index (κ2) is 14.3. The predicted octanol–water partition coefficient (Wildman–Crippen LogP) is 7.13. The van der Waals surface area contributed by atoms with Crippen LogP contribution in [0, 0.1) is 0 Å². The van der Waals surface area contributed by atoms with Gasteiger partial charge in [-0.3, -0.25) is 9.36 Å². The molecule has 5 rings (SSSR count). The number of benzene rings is 3. The Hall–Kier alpha value is -3.76. The second-order valence-corrected chi connectivity index (χ2v) is 12.9. The summed E-state index contributed by atoms with van der Waals surface area (Å²) in [7, 11) is 1.53. The Balaban J connectivity index is 1.66. The number of methoxy groups -OCH3 is 1. The van der Waals surface area contributed by atoms with Gasteiger partial charge in [-0.25, -0.2) is 9.79 Å². The molecular formula is C34H31Cl3N2O6S. The summed E-state index contributed by atoms with van der Waals surface area (Å²) in [6, 6.07) is 15.0. The van der Waals surface area contributed by atoms with Crippen molar-refractivity contribution in [3.05, 3.63) is 117 Å². The molecule has 0 radical (unpaired) electrons. The smallest absolute Gasteiger partial charge is 0.338 e. The molecule has 0 aliphatic carbocycles. The van der Waals surface area contributed by atoms with E-state index in [1.54, 1.807) is 62.4 Å². The van der Waals surface area contributed by atoms with Crippen molar-refractivity contribution < 1.29 is 23.7 Å². The molecule has 4 aromatic rings. The number of carbonyl (C=O) groups excluding carboxylic acids is 1. The van der Waals surface area contributed by atoms with Crippen LogP contribution in [-0.2, 0) is 16.1 Å². The van der Waals surface area contributed by atoms with Crippen LogP contribution in [0.5, 0.6) is 17.2 Å². The van der Waals surface area contributed by atoms with Gasteiger partial charge < -0.3 is 18.9 Å². The first-order chi connectivity index (χ1) is 22.0. The van der Waals surface area contributed by atoms with E-state index in [0.717, 1.165) is 5.56 Å². The Labute approximate surface area is 285 Å². The molecule has 2 heterocycles. The average molecular weight is 702 g/mol. The fraction of sp³-hybridized carbons (Fsp3) is 0.265. The predicted molar refractivity (Wildman–Crippen MR) is 181 cm³/mol. The molecule has 3 aromatic carbocycles. The van der Waals surface area contributed by atoms with E-state index < -0.39 is 12.0 Å².